The third kappa shape index (κ3) is 7.86. The van der Waals surface area contributed by atoms with E-state index in [0.29, 0.717) is 25.3 Å². The van der Waals surface area contributed by atoms with Crippen LogP contribution in [-0.4, -0.2) is 51.4 Å². The number of carbonyl (C=O) groups excluding carboxylic acids is 1. The van der Waals surface area contributed by atoms with Gasteiger partial charge in [0.05, 0.1) is 12.2 Å². The van der Waals surface area contributed by atoms with Crippen LogP contribution in [0.5, 0.6) is 0 Å². The van der Waals surface area contributed by atoms with Gasteiger partial charge < -0.3 is 15.7 Å². The molecule has 122 valence electrons. The standard InChI is InChI=1S/C12H23N3O5S/c1-21(19,20)15-7-6-13-12(18)14-8-9-2-4-10(5-3-9)11(16)17/h9-10,15H,2-8H2,1H3,(H,16,17)(H2,13,14,18). The molecule has 0 aromatic heterocycles. The zero-order valence-electron chi connectivity index (χ0n) is 12.1. The minimum absolute atomic E-state index is 0.149. The van der Waals surface area contributed by atoms with Gasteiger partial charge in [-0.1, -0.05) is 0 Å². The van der Waals surface area contributed by atoms with Gasteiger partial charge in [-0.25, -0.2) is 17.9 Å². The summed E-state index contributed by atoms with van der Waals surface area (Å²) in [5.74, 6) is -0.685. The number of sulfonamides is 1. The van der Waals surface area contributed by atoms with Crippen LogP contribution in [0.1, 0.15) is 25.7 Å². The van der Waals surface area contributed by atoms with Gasteiger partial charge in [0, 0.05) is 19.6 Å². The first-order valence-corrected chi connectivity index (χ1v) is 8.86. The zero-order valence-corrected chi connectivity index (χ0v) is 12.9. The highest BCUT2D eigenvalue weighted by atomic mass is 32.2. The Bertz CT molecular complexity index is 458. The molecule has 1 fully saturated rings. The van der Waals surface area contributed by atoms with Gasteiger partial charge in [0.1, 0.15) is 0 Å². The lowest BCUT2D eigenvalue weighted by Gasteiger charge is -2.26. The van der Waals surface area contributed by atoms with Crippen LogP contribution in [0.4, 0.5) is 4.79 Å². The summed E-state index contributed by atoms with van der Waals surface area (Å²) < 4.78 is 23.9. The van der Waals surface area contributed by atoms with Gasteiger partial charge in [0.2, 0.25) is 10.0 Å². The predicted molar refractivity (Wildman–Crippen MR) is 77.3 cm³/mol. The van der Waals surface area contributed by atoms with Crippen molar-refractivity contribution in [2.45, 2.75) is 25.7 Å². The summed E-state index contributed by atoms with van der Waals surface area (Å²) >= 11 is 0. The molecule has 8 nitrogen and oxygen atoms in total. The SMILES string of the molecule is CS(=O)(=O)NCCNC(=O)NCC1CCC(C(=O)O)CC1. The Morgan fingerprint density at radius 3 is 2.24 bits per heavy atom. The monoisotopic (exact) mass is 321 g/mol. The van der Waals surface area contributed by atoms with Gasteiger partial charge >= 0.3 is 12.0 Å². The number of carboxylic acid groups (broad SMARTS) is 1. The minimum Gasteiger partial charge on any atom is -0.481 e. The molecule has 1 rings (SSSR count). The van der Waals surface area contributed by atoms with Crippen LogP contribution in [0.2, 0.25) is 0 Å². The number of amides is 2. The Morgan fingerprint density at radius 2 is 1.71 bits per heavy atom. The summed E-state index contributed by atoms with van der Waals surface area (Å²) in [6.45, 7) is 0.873. The van der Waals surface area contributed by atoms with Crippen LogP contribution in [0.15, 0.2) is 0 Å². The van der Waals surface area contributed by atoms with Crippen LogP contribution in [0, 0.1) is 11.8 Å². The highest BCUT2D eigenvalue weighted by Gasteiger charge is 2.25. The molecular weight excluding hydrogens is 298 g/mol. The van der Waals surface area contributed by atoms with Gasteiger partial charge in [-0.2, -0.15) is 0 Å². The van der Waals surface area contributed by atoms with Gasteiger partial charge in [-0.15, -0.1) is 0 Å². The molecule has 1 aliphatic rings. The number of hydrogen-bond donors (Lipinski definition) is 4. The van der Waals surface area contributed by atoms with Crippen molar-refractivity contribution >= 4 is 22.0 Å². The molecule has 2 amide bonds. The van der Waals surface area contributed by atoms with E-state index in [1.54, 1.807) is 0 Å². The summed E-state index contributed by atoms with van der Waals surface area (Å²) in [5, 5.41) is 14.2. The van der Waals surface area contributed by atoms with Crippen molar-refractivity contribution in [3.63, 3.8) is 0 Å². The van der Waals surface area contributed by atoms with E-state index in [1.165, 1.54) is 0 Å². The van der Waals surface area contributed by atoms with Crippen LogP contribution < -0.4 is 15.4 Å². The number of carboxylic acids is 1. The molecule has 0 aromatic rings. The third-order valence-corrected chi connectivity index (χ3v) is 4.25. The van der Waals surface area contributed by atoms with Gasteiger partial charge in [-0.05, 0) is 31.6 Å². The highest BCUT2D eigenvalue weighted by molar-refractivity contribution is 7.88. The quantitative estimate of drug-likeness (QED) is 0.480. The summed E-state index contributed by atoms with van der Waals surface area (Å²) in [7, 11) is -3.23. The molecule has 0 aromatic carbocycles. The Hall–Kier alpha value is -1.35. The van der Waals surface area contributed by atoms with Crippen LogP contribution in [0.3, 0.4) is 0 Å². The minimum atomic E-state index is -3.23. The van der Waals surface area contributed by atoms with Crippen molar-refractivity contribution < 1.29 is 23.1 Å². The normalized spacial score (nSPS) is 22.5. The summed E-state index contributed by atoms with van der Waals surface area (Å²) in [6, 6.07) is -0.342. The maximum Gasteiger partial charge on any atom is 0.314 e. The van der Waals surface area contributed by atoms with Crippen molar-refractivity contribution in [2.24, 2.45) is 11.8 Å². The van der Waals surface area contributed by atoms with Crippen molar-refractivity contribution in [3.05, 3.63) is 0 Å². The lowest BCUT2D eigenvalue weighted by Crippen LogP contribution is -2.42. The molecule has 0 spiro atoms. The van der Waals surface area contributed by atoms with Crippen LogP contribution >= 0.6 is 0 Å². The van der Waals surface area contributed by atoms with Gasteiger partial charge in [0.15, 0.2) is 0 Å². The number of nitrogens with one attached hydrogen (secondary N) is 3. The predicted octanol–water partition coefficient (Wildman–Crippen LogP) is -0.274. The highest BCUT2D eigenvalue weighted by Crippen LogP contribution is 2.28. The first-order chi connectivity index (χ1) is 9.78. The first kappa shape index (κ1) is 17.7. The Balaban J connectivity index is 2.10. The molecule has 9 heteroatoms. The van der Waals surface area contributed by atoms with E-state index in [-0.39, 0.29) is 25.0 Å². The zero-order chi connectivity index (χ0) is 15.9. The number of carbonyl (C=O) groups is 2. The fourth-order valence-corrected chi connectivity index (χ4v) is 2.80. The summed E-state index contributed by atoms with van der Waals surface area (Å²) in [5.41, 5.74) is 0. The van der Waals surface area contributed by atoms with Gasteiger partial charge in [-0.3, -0.25) is 4.79 Å². The second-order valence-corrected chi connectivity index (χ2v) is 7.19. The van der Waals surface area contributed by atoms with Gasteiger partial charge in [0.25, 0.3) is 0 Å². The Labute approximate surface area is 124 Å². The Morgan fingerprint density at radius 1 is 1.10 bits per heavy atom. The molecule has 1 aliphatic carbocycles. The average Bonchev–Trinajstić information content (AvgIpc) is 2.41. The second kappa shape index (κ2) is 8.18. The number of urea groups is 1. The largest absolute Gasteiger partial charge is 0.481 e. The fourth-order valence-electron chi connectivity index (χ4n) is 2.33. The second-order valence-electron chi connectivity index (χ2n) is 5.36. The molecule has 21 heavy (non-hydrogen) atoms. The van der Waals surface area contributed by atoms with E-state index in [9.17, 15) is 18.0 Å². The maximum atomic E-state index is 11.5. The molecule has 0 bridgehead atoms. The average molecular weight is 321 g/mol. The molecule has 0 radical (unpaired) electrons. The fraction of sp³-hybridized carbons (Fsp3) is 0.833. The van der Waals surface area contributed by atoms with Crippen molar-refractivity contribution in [1.82, 2.24) is 15.4 Å². The van der Waals surface area contributed by atoms with Crippen LogP contribution in [-0.2, 0) is 14.8 Å². The van der Waals surface area contributed by atoms with E-state index in [2.05, 4.69) is 15.4 Å². The van der Waals surface area contributed by atoms with Crippen molar-refractivity contribution in [3.8, 4) is 0 Å². The van der Waals surface area contributed by atoms with E-state index in [1.807, 2.05) is 0 Å². The van der Waals surface area contributed by atoms with E-state index in [4.69, 9.17) is 5.11 Å². The lowest BCUT2D eigenvalue weighted by molar-refractivity contribution is -0.143. The van der Waals surface area contributed by atoms with Crippen molar-refractivity contribution in [1.29, 1.82) is 0 Å². The van der Waals surface area contributed by atoms with Crippen LogP contribution in [0.25, 0.3) is 0 Å². The van der Waals surface area contributed by atoms with E-state index >= 15 is 0 Å². The molecular formula is C12H23N3O5S. The van der Waals surface area contributed by atoms with Crippen molar-refractivity contribution in [2.75, 3.05) is 25.9 Å². The van der Waals surface area contributed by atoms with E-state index < -0.39 is 16.0 Å². The molecule has 0 unspecified atom stereocenters. The van der Waals surface area contributed by atoms with E-state index in [0.717, 1.165) is 19.1 Å². The third-order valence-electron chi connectivity index (χ3n) is 3.52. The number of hydrogen-bond acceptors (Lipinski definition) is 4. The number of aliphatic carboxylic acids is 1. The molecule has 1 saturated carbocycles. The summed E-state index contributed by atoms with van der Waals surface area (Å²) in [4.78, 5) is 22.3. The smallest absolute Gasteiger partial charge is 0.314 e. The molecule has 4 N–H and O–H groups in total. The lowest BCUT2D eigenvalue weighted by atomic mass is 9.82. The summed E-state index contributed by atoms with van der Waals surface area (Å²) in [6.07, 6.45) is 3.96. The first-order valence-electron chi connectivity index (χ1n) is 6.97. The molecule has 0 saturated heterocycles. The molecule has 0 heterocycles. The molecule has 0 atom stereocenters. The molecule has 0 aliphatic heterocycles. The topological polar surface area (TPSA) is 125 Å². The maximum absolute atomic E-state index is 11.5. The number of rotatable bonds is 7. The Kier molecular flexibility index (Phi) is 6.90.